The summed E-state index contributed by atoms with van der Waals surface area (Å²) in [5, 5.41) is -0.434. The Bertz CT molecular complexity index is 855. The molecule has 0 bridgehead atoms. The second-order valence-electron chi connectivity index (χ2n) is 5.33. The van der Waals surface area contributed by atoms with Crippen LogP contribution in [0, 0.1) is 13.8 Å². The molecule has 0 heterocycles. The van der Waals surface area contributed by atoms with Crippen molar-refractivity contribution in [2.24, 2.45) is 0 Å². The molecule has 0 saturated heterocycles. The van der Waals surface area contributed by atoms with Gasteiger partial charge in [-0.2, -0.15) is 21.6 Å². The summed E-state index contributed by atoms with van der Waals surface area (Å²) in [7, 11) is -8.97. The van der Waals surface area contributed by atoms with Crippen LogP contribution in [0.5, 0.6) is 0 Å². The van der Waals surface area contributed by atoms with Crippen molar-refractivity contribution in [3.05, 3.63) is 59.7 Å². The molecular formula is C16H16ClF3O3S2. The molecular weight excluding hydrogens is 397 g/mol. The SMILES string of the molecule is Cc1ccc(C)c(S(CCl)(OS(=O)(=O)C(F)(F)F)c2ccccc2)c1. The van der Waals surface area contributed by atoms with Crippen LogP contribution in [-0.4, -0.2) is 19.1 Å². The molecule has 0 aliphatic heterocycles. The maximum atomic E-state index is 13.0. The fraction of sp³-hybridized carbons (Fsp3) is 0.250. The number of alkyl halides is 4. The molecule has 1 unspecified atom stereocenters. The summed E-state index contributed by atoms with van der Waals surface area (Å²) in [5.41, 5.74) is -4.18. The van der Waals surface area contributed by atoms with E-state index < -0.39 is 31.1 Å². The highest BCUT2D eigenvalue weighted by molar-refractivity contribution is 8.33. The van der Waals surface area contributed by atoms with Gasteiger partial charge >= 0.3 is 15.6 Å². The predicted octanol–water partition coefficient (Wildman–Crippen LogP) is 5.50. The summed E-state index contributed by atoms with van der Waals surface area (Å²) in [6.45, 7) is 3.43. The standard InChI is InChI=1S/C16H16ClF3O3S2/c1-12-8-9-13(2)15(10-12)24(11-17,14-6-4-3-5-7-14)23-25(21,22)16(18,19)20/h3-10H,11H2,1-2H3. The topological polar surface area (TPSA) is 43.4 Å². The summed E-state index contributed by atoms with van der Waals surface area (Å²) < 4.78 is 67.3. The number of hydrogen-bond acceptors (Lipinski definition) is 3. The minimum Gasteiger partial charge on any atom is -0.203 e. The van der Waals surface area contributed by atoms with Crippen LogP contribution in [0.2, 0.25) is 0 Å². The number of aryl methyl sites for hydroxylation is 2. The van der Waals surface area contributed by atoms with Crippen LogP contribution in [-0.2, 0) is 13.7 Å². The second-order valence-corrected chi connectivity index (χ2v) is 10.4. The van der Waals surface area contributed by atoms with Gasteiger partial charge in [-0.3, -0.25) is 0 Å². The predicted molar refractivity (Wildman–Crippen MR) is 93.3 cm³/mol. The highest BCUT2D eigenvalue weighted by Gasteiger charge is 2.52. The first kappa shape index (κ1) is 20.1. The fourth-order valence-electron chi connectivity index (χ4n) is 2.24. The van der Waals surface area contributed by atoms with Gasteiger partial charge in [0.15, 0.2) is 0 Å². The van der Waals surface area contributed by atoms with E-state index in [1.807, 2.05) is 0 Å². The molecule has 2 aromatic rings. The first-order chi connectivity index (χ1) is 11.5. The van der Waals surface area contributed by atoms with Gasteiger partial charge in [0.05, 0.1) is 5.21 Å². The van der Waals surface area contributed by atoms with E-state index >= 15 is 0 Å². The lowest BCUT2D eigenvalue weighted by atomic mass is 10.2. The van der Waals surface area contributed by atoms with Gasteiger partial charge < -0.3 is 0 Å². The molecule has 3 nitrogen and oxygen atoms in total. The van der Waals surface area contributed by atoms with Gasteiger partial charge in [0.1, 0.15) is 0 Å². The summed E-state index contributed by atoms with van der Waals surface area (Å²) in [6.07, 6.45) is 0. The Labute approximate surface area is 151 Å². The number of benzene rings is 2. The maximum Gasteiger partial charge on any atom is 0.523 e. The van der Waals surface area contributed by atoms with E-state index in [0.29, 0.717) is 15.4 Å². The van der Waals surface area contributed by atoms with Gasteiger partial charge in [-0.1, -0.05) is 30.3 Å². The van der Waals surface area contributed by atoms with E-state index in [2.05, 4.69) is 0 Å². The highest BCUT2D eigenvalue weighted by Crippen LogP contribution is 2.66. The molecule has 1 atom stereocenters. The molecule has 0 fully saturated rings. The third-order valence-electron chi connectivity index (χ3n) is 3.47. The monoisotopic (exact) mass is 412 g/mol. The lowest BCUT2D eigenvalue weighted by molar-refractivity contribution is -0.0496. The molecule has 9 heteroatoms. The number of rotatable bonds is 5. The van der Waals surface area contributed by atoms with Crippen LogP contribution in [0.15, 0.2) is 58.3 Å². The largest absolute Gasteiger partial charge is 0.523 e. The average Bonchev–Trinajstić information content (AvgIpc) is 2.55. The Morgan fingerprint density at radius 2 is 1.64 bits per heavy atom. The molecule has 0 radical (unpaired) electrons. The van der Waals surface area contributed by atoms with Gasteiger partial charge in [0, 0.05) is 9.79 Å². The normalized spacial score (nSPS) is 16.2. The quantitative estimate of drug-likeness (QED) is 0.480. The minimum absolute atomic E-state index is 0.298. The molecule has 2 rings (SSSR count). The van der Waals surface area contributed by atoms with Crippen molar-refractivity contribution in [1.29, 1.82) is 0 Å². The fourth-order valence-corrected chi connectivity index (χ4v) is 7.64. The summed E-state index contributed by atoms with van der Waals surface area (Å²) in [5.74, 6) is 0. The molecule has 0 aromatic heterocycles. The van der Waals surface area contributed by atoms with Gasteiger partial charge in [-0.25, -0.2) is 3.63 Å². The van der Waals surface area contributed by atoms with Gasteiger partial charge in [-0.05, 0) is 53.5 Å². The lowest BCUT2D eigenvalue weighted by Crippen LogP contribution is -2.28. The minimum atomic E-state index is -5.84. The first-order valence-electron chi connectivity index (χ1n) is 7.05. The molecule has 2 aromatic carbocycles. The summed E-state index contributed by atoms with van der Waals surface area (Å²) in [4.78, 5) is 0.646. The average molecular weight is 413 g/mol. The van der Waals surface area contributed by atoms with Crippen molar-refractivity contribution >= 4 is 32.0 Å². The number of halogens is 4. The molecule has 0 amide bonds. The Morgan fingerprint density at radius 1 is 1.04 bits per heavy atom. The Balaban J connectivity index is 2.78. The van der Waals surface area contributed by atoms with Crippen molar-refractivity contribution in [2.75, 3.05) is 5.21 Å². The zero-order chi connectivity index (χ0) is 18.9. The smallest absolute Gasteiger partial charge is 0.203 e. The third kappa shape index (κ3) is 3.97. The molecule has 0 N–H and O–H groups in total. The zero-order valence-electron chi connectivity index (χ0n) is 13.4. The molecule has 138 valence electrons. The third-order valence-corrected chi connectivity index (χ3v) is 9.09. The van der Waals surface area contributed by atoms with Crippen LogP contribution in [0.3, 0.4) is 0 Å². The molecule has 0 aliphatic rings. The van der Waals surface area contributed by atoms with E-state index in [1.165, 1.54) is 12.1 Å². The maximum absolute atomic E-state index is 13.0. The van der Waals surface area contributed by atoms with E-state index in [-0.39, 0.29) is 0 Å². The van der Waals surface area contributed by atoms with Crippen LogP contribution in [0.1, 0.15) is 11.1 Å². The zero-order valence-corrected chi connectivity index (χ0v) is 15.8. The van der Waals surface area contributed by atoms with Crippen LogP contribution in [0.25, 0.3) is 0 Å². The molecule has 0 aliphatic carbocycles. The molecule has 25 heavy (non-hydrogen) atoms. The van der Waals surface area contributed by atoms with Crippen molar-refractivity contribution in [3.63, 3.8) is 0 Å². The number of hydrogen-bond donors (Lipinski definition) is 0. The Kier molecular flexibility index (Phi) is 5.78. The van der Waals surface area contributed by atoms with Crippen molar-refractivity contribution in [1.82, 2.24) is 0 Å². The van der Waals surface area contributed by atoms with Gasteiger partial charge in [-0.15, -0.1) is 11.6 Å². The Hall–Kier alpha value is -1.22. The first-order valence-corrected chi connectivity index (χ1v) is 10.7. The van der Waals surface area contributed by atoms with Crippen LogP contribution in [0.4, 0.5) is 13.2 Å². The Morgan fingerprint density at radius 3 is 2.16 bits per heavy atom. The second kappa shape index (κ2) is 7.19. The summed E-state index contributed by atoms with van der Waals surface area (Å²) in [6, 6.07) is 13.0. The van der Waals surface area contributed by atoms with E-state index in [0.717, 1.165) is 5.56 Å². The summed E-state index contributed by atoms with van der Waals surface area (Å²) >= 11 is 6.05. The lowest BCUT2D eigenvalue weighted by Gasteiger charge is -2.38. The molecule has 0 spiro atoms. The van der Waals surface area contributed by atoms with Crippen molar-refractivity contribution in [3.8, 4) is 0 Å². The highest BCUT2D eigenvalue weighted by atomic mass is 35.5. The van der Waals surface area contributed by atoms with Gasteiger partial charge in [0.25, 0.3) is 0 Å². The van der Waals surface area contributed by atoms with Gasteiger partial charge in [0.2, 0.25) is 0 Å². The van der Waals surface area contributed by atoms with E-state index in [9.17, 15) is 21.6 Å². The van der Waals surface area contributed by atoms with Crippen molar-refractivity contribution < 1.29 is 25.2 Å². The van der Waals surface area contributed by atoms with Crippen LogP contribution < -0.4 is 0 Å². The van der Waals surface area contributed by atoms with E-state index in [4.69, 9.17) is 15.2 Å². The van der Waals surface area contributed by atoms with Crippen LogP contribution >= 0.6 is 21.9 Å². The van der Waals surface area contributed by atoms with E-state index in [1.54, 1.807) is 50.2 Å². The molecule has 0 saturated carbocycles. The van der Waals surface area contributed by atoms with Crippen molar-refractivity contribution in [2.45, 2.75) is 29.1 Å².